The SMILES string of the molecule is O=C(N=S)c1c(C(F)(F)F)cc(Cl)nc1Cl. The van der Waals surface area contributed by atoms with Crippen molar-refractivity contribution < 1.29 is 18.0 Å². The molecule has 0 N–H and O–H groups in total. The van der Waals surface area contributed by atoms with Crippen molar-refractivity contribution in [2.45, 2.75) is 6.18 Å². The quantitative estimate of drug-likeness (QED) is 0.745. The molecule has 9 heteroatoms. The van der Waals surface area contributed by atoms with Gasteiger partial charge in [-0.15, -0.1) is 4.36 Å². The molecule has 0 saturated carbocycles. The molecule has 0 aromatic carbocycles. The van der Waals surface area contributed by atoms with Crippen molar-refractivity contribution in [1.29, 1.82) is 0 Å². The summed E-state index contributed by atoms with van der Waals surface area (Å²) < 4.78 is 40.3. The van der Waals surface area contributed by atoms with Gasteiger partial charge in [0.15, 0.2) is 0 Å². The van der Waals surface area contributed by atoms with Crippen molar-refractivity contribution >= 4 is 41.5 Å². The number of halogens is 5. The molecule has 0 aliphatic heterocycles. The van der Waals surface area contributed by atoms with E-state index in [0.717, 1.165) is 0 Å². The average molecular weight is 289 g/mol. The third-order valence-electron chi connectivity index (χ3n) is 1.55. The van der Waals surface area contributed by atoms with Crippen LogP contribution < -0.4 is 0 Å². The second kappa shape index (κ2) is 4.60. The summed E-state index contributed by atoms with van der Waals surface area (Å²) in [7, 11) is 0. The summed E-state index contributed by atoms with van der Waals surface area (Å²) in [4.78, 5) is 14.4. The van der Waals surface area contributed by atoms with Gasteiger partial charge in [-0.1, -0.05) is 23.2 Å². The molecule has 0 aliphatic carbocycles. The summed E-state index contributed by atoms with van der Waals surface area (Å²) in [6.45, 7) is 0. The van der Waals surface area contributed by atoms with Crippen LogP contribution in [0.3, 0.4) is 0 Å². The maximum atomic E-state index is 12.5. The molecule has 1 aromatic heterocycles. The van der Waals surface area contributed by atoms with Crippen LogP contribution in [-0.2, 0) is 18.6 Å². The molecule has 0 radical (unpaired) electrons. The number of amides is 1. The smallest absolute Gasteiger partial charge is 0.266 e. The van der Waals surface area contributed by atoms with Gasteiger partial charge in [-0.05, 0) is 6.07 Å². The van der Waals surface area contributed by atoms with Crippen LogP contribution in [0, 0.1) is 0 Å². The second-order valence-electron chi connectivity index (χ2n) is 2.55. The van der Waals surface area contributed by atoms with E-state index in [0.29, 0.717) is 6.07 Å². The van der Waals surface area contributed by atoms with Gasteiger partial charge in [0.25, 0.3) is 5.91 Å². The molecule has 0 fully saturated rings. The van der Waals surface area contributed by atoms with Crippen LogP contribution in [0.1, 0.15) is 15.9 Å². The van der Waals surface area contributed by atoms with Gasteiger partial charge in [-0.3, -0.25) is 4.79 Å². The zero-order valence-electron chi connectivity index (χ0n) is 7.18. The van der Waals surface area contributed by atoms with Crippen LogP contribution in [0.2, 0.25) is 10.3 Å². The van der Waals surface area contributed by atoms with Crippen molar-refractivity contribution in [2.24, 2.45) is 4.36 Å². The van der Waals surface area contributed by atoms with Crippen molar-refractivity contribution in [3.8, 4) is 0 Å². The normalized spacial score (nSPS) is 11.3. The summed E-state index contributed by atoms with van der Waals surface area (Å²) >= 11 is 14.7. The highest BCUT2D eigenvalue weighted by Crippen LogP contribution is 2.36. The van der Waals surface area contributed by atoms with E-state index in [2.05, 4.69) is 21.8 Å². The first-order valence-electron chi connectivity index (χ1n) is 3.58. The molecule has 0 unspecified atom stereocenters. The number of nitrogens with zero attached hydrogens (tertiary/aromatic N) is 2. The Labute approximate surface area is 103 Å². The Morgan fingerprint density at radius 1 is 1.44 bits per heavy atom. The average Bonchev–Trinajstić information content (AvgIpc) is 2.14. The number of alkyl halides is 3. The lowest BCUT2D eigenvalue weighted by Gasteiger charge is -2.11. The predicted octanol–water partition coefficient (Wildman–Crippen LogP) is 3.28. The fraction of sp³-hybridized carbons (Fsp3) is 0.143. The highest BCUT2D eigenvalue weighted by molar-refractivity contribution is 7.47. The Morgan fingerprint density at radius 3 is 2.44 bits per heavy atom. The Kier molecular flexibility index (Phi) is 3.82. The third-order valence-corrected chi connectivity index (χ3v) is 2.18. The van der Waals surface area contributed by atoms with Crippen molar-refractivity contribution in [3.05, 3.63) is 27.5 Å². The van der Waals surface area contributed by atoms with E-state index in [1.807, 2.05) is 0 Å². The van der Waals surface area contributed by atoms with Gasteiger partial charge in [0.1, 0.15) is 10.3 Å². The lowest BCUT2D eigenvalue weighted by molar-refractivity contribution is -0.138. The number of carbonyl (C=O) groups is 1. The zero-order chi connectivity index (χ0) is 12.5. The monoisotopic (exact) mass is 288 g/mol. The topological polar surface area (TPSA) is 42.3 Å². The Hall–Kier alpha value is -0.790. The number of carbonyl (C=O) groups excluding carboxylic acids is 1. The van der Waals surface area contributed by atoms with Gasteiger partial charge >= 0.3 is 6.18 Å². The molecular formula is C7HCl2F3N2OS. The van der Waals surface area contributed by atoms with Crippen LogP contribution in [0.25, 0.3) is 0 Å². The van der Waals surface area contributed by atoms with Gasteiger partial charge in [0, 0.05) is 12.4 Å². The van der Waals surface area contributed by atoms with Crippen LogP contribution >= 0.6 is 23.2 Å². The molecule has 1 amide bonds. The standard InChI is InChI=1S/C7HCl2F3N2OS/c8-3-1-2(7(10,11)12)4(5(9)13-3)6(15)14-16/h1H. The van der Waals surface area contributed by atoms with Crippen molar-refractivity contribution in [1.82, 2.24) is 4.98 Å². The first-order valence-corrected chi connectivity index (χ1v) is 4.70. The zero-order valence-corrected chi connectivity index (χ0v) is 9.51. The minimum Gasteiger partial charge on any atom is -0.266 e. The van der Waals surface area contributed by atoms with Crippen molar-refractivity contribution in [2.75, 3.05) is 0 Å². The summed E-state index contributed by atoms with van der Waals surface area (Å²) in [6.07, 6.45) is -4.79. The third kappa shape index (κ3) is 2.66. The highest BCUT2D eigenvalue weighted by Gasteiger charge is 2.37. The predicted molar refractivity (Wildman–Crippen MR) is 53.4 cm³/mol. The highest BCUT2D eigenvalue weighted by atomic mass is 35.5. The molecule has 0 spiro atoms. The molecular weight excluding hydrogens is 288 g/mol. The first kappa shape index (κ1) is 13.3. The fourth-order valence-electron chi connectivity index (χ4n) is 0.957. The molecule has 0 aliphatic rings. The van der Waals surface area contributed by atoms with Gasteiger partial charge < -0.3 is 0 Å². The number of aromatic nitrogens is 1. The Balaban J connectivity index is 3.57. The minimum atomic E-state index is -4.79. The fourth-order valence-corrected chi connectivity index (χ4v) is 1.56. The lowest BCUT2D eigenvalue weighted by Crippen LogP contribution is -2.13. The number of hydrogen-bond donors (Lipinski definition) is 0. The molecule has 1 aromatic rings. The Morgan fingerprint density at radius 2 is 2.00 bits per heavy atom. The molecule has 86 valence electrons. The molecule has 0 atom stereocenters. The molecule has 1 rings (SSSR count). The largest absolute Gasteiger partial charge is 0.417 e. The van der Waals surface area contributed by atoms with Gasteiger partial charge in [0.05, 0.1) is 11.1 Å². The molecule has 0 saturated heterocycles. The second-order valence-corrected chi connectivity index (χ2v) is 3.48. The van der Waals surface area contributed by atoms with Gasteiger partial charge in [0.2, 0.25) is 0 Å². The molecule has 16 heavy (non-hydrogen) atoms. The molecule has 3 nitrogen and oxygen atoms in total. The van der Waals surface area contributed by atoms with E-state index in [-0.39, 0.29) is 0 Å². The van der Waals surface area contributed by atoms with E-state index in [1.54, 1.807) is 0 Å². The first-order chi connectivity index (χ1) is 7.27. The van der Waals surface area contributed by atoms with Crippen LogP contribution in [0.4, 0.5) is 13.2 Å². The summed E-state index contributed by atoms with van der Waals surface area (Å²) in [5.41, 5.74) is -2.20. The lowest BCUT2D eigenvalue weighted by atomic mass is 10.1. The molecule has 1 heterocycles. The maximum Gasteiger partial charge on any atom is 0.417 e. The number of rotatable bonds is 1. The van der Waals surface area contributed by atoms with Crippen molar-refractivity contribution in [3.63, 3.8) is 0 Å². The van der Waals surface area contributed by atoms with E-state index in [4.69, 9.17) is 23.2 Å². The molecule has 0 bridgehead atoms. The summed E-state index contributed by atoms with van der Waals surface area (Å²) in [5, 5.41) is -1.16. The van der Waals surface area contributed by atoms with E-state index in [9.17, 15) is 18.0 Å². The van der Waals surface area contributed by atoms with Crippen LogP contribution in [0.15, 0.2) is 10.4 Å². The van der Waals surface area contributed by atoms with Crippen LogP contribution in [0.5, 0.6) is 0 Å². The van der Waals surface area contributed by atoms with Crippen LogP contribution in [-0.4, -0.2) is 10.9 Å². The van der Waals surface area contributed by atoms with E-state index in [1.165, 1.54) is 0 Å². The van der Waals surface area contributed by atoms with Gasteiger partial charge in [-0.2, -0.15) is 13.2 Å². The maximum absolute atomic E-state index is 12.5. The van der Waals surface area contributed by atoms with E-state index >= 15 is 0 Å². The summed E-state index contributed by atoms with van der Waals surface area (Å²) in [5.74, 6) is -1.28. The minimum absolute atomic E-state index is 0.474. The number of hydrogen-bond acceptors (Lipinski definition) is 3. The van der Waals surface area contributed by atoms with E-state index < -0.39 is 33.5 Å². The van der Waals surface area contributed by atoms with Gasteiger partial charge in [-0.25, -0.2) is 4.98 Å². The summed E-state index contributed by atoms with van der Waals surface area (Å²) in [6, 6.07) is 0.487. The number of pyridine rings is 1. The Bertz CT molecular complexity index is 464.